The number of carbonyl (C=O) groups excluding carboxylic acids is 1. The first-order chi connectivity index (χ1) is 13.9. The van der Waals surface area contributed by atoms with Crippen LogP contribution in [0, 0.1) is 5.92 Å². The molecular formula is C21H27N3O4S. The quantitative estimate of drug-likeness (QED) is 0.723. The van der Waals surface area contributed by atoms with Crippen molar-refractivity contribution in [3.05, 3.63) is 54.6 Å². The Morgan fingerprint density at radius 2 is 1.62 bits per heavy atom. The summed E-state index contributed by atoms with van der Waals surface area (Å²) in [5, 5.41) is 2.91. The van der Waals surface area contributed by atoms with Crippen molar-refractivity contribution < 1.29 is 17.9 Å². The summed E-state index contributed by atoms with van der Waals surface area (Å²) in [7, 11) is -3.81. The molecule has 2 aromatic carbocycles. The van der Waals surface area contributed by atoms with E-state index in [0.717, 1.165) is 18.8 Å². The van der Waals surface area contributed by atoms with E-state index in [9.17, 15) is 13.2 Å². The van der Waals surface area contributed by atoms with Crippen LogP contribution >= 0.6 is 0 Å². The number of sulfonamides is 1. The third kappa shape index (κ3) is 5.35. The van der Waals surface area contributed by atoms with Gasteiger partial charge in [0, 0.05) is 13.1 Å². The van der Waals surface area contributed by atoms with E-state index in [-0.39, 0.29) is 16.7 Å². The molecule has 1 heterocycles. The summed E-state index contributed by atoms with van der Waals surface area (Å²) < 4.78 is 33.4. The van der Waals surface area contributed by atoms with E-state index in [2.05, 4.69) is 14.9 Å². The van der Waals surface area contributed by atoms with Gasteiger partial charge in [-0.15, -0.1) is 0 Å². The number of nitrogens with zero attached hydrogens (tertiary/aromatic N) is 1. The lowest BCUT2D eigenvalue weighted by atomic mass is 10.0. The Morgan fingerprint density at radius 3 is 2.28 bits per heavy atom. The molecular weight excluding hydrogens is 390 g/mol. The smallest absolute Gasteiger partial charge is 0.242 e. The SMILES string of the molecule is CC(C)[C@@H](NS(=O)(=O)c1ccccc1)C(=O)Nc1ccccc1N1CCOCC1. The fourth-order valence-corrected chi connectivity index (χ4v) is 4.56. The Hall–Kier alpha value is -2.42. The Morgan fingerprint density at radius 1 is 1.00 bits per heavy atom. The number of hydrogen-bond donors (Lipinski definition) is 2. The summed E-state index contributed by atoms with van der Waals surface area (Å²) >= 11 is 0. The van der Waals surface area contributed by atoms with Crippen molar-refractivity contribution in [2.75, 3.05) is 36.5 Å². The Kier molecular flexibility index (Phi) is 6.89. The number of morpholine rings is 1. The second kappa shape index (κ2) is 9.39. The lowest BCUT2D eigenvalue weighted by molar-refractivity contribution is -0.118. The van der Waals surface area contributed by atoms with Crippen molar-refractivity contribution >= 4 is 27.3 Å². The first kappa shape index (κ1) is 21.3. The minimum absolute atomic E-state index is 0.132. The molecule has 0 aromatic heterocycles. The highest BCUT2D eigenvalue weighted by atomic mass is 32.2. The van der Waals surface area contributed by atoms with Gasteiger partial charge in [-0.05, 0) is 30.2 Å². The summed E-state index contributed by atoms with van der Waals surface area (Å²) in [5.41, 5.74) is 1.56. The number of anilines is 2. The lowest BCUT2D eigenvalue weighted by Crippen LogP contribution is -2.47. The van der Waals surface area contributed by atoms with Crippen LogP contribution in [0.3, 0.4) is 0 Å². The minimum Gasteiger partial charge on any atom is -0.378 e. The van der Waals surface area contributed by atoms with Crippen LogP contribution in [0.2, 0.25) is 0 Å². The van der Waals surface area contributed by atoms with Crippen molar-refractivity contribution in [1.82, 2.24) is 4.72 Å². The number of nitrogens with one attached hydrogen (secondary N) is 2. The Labute approximate surface area is 172 Å². The number of amides is 1. The number of benzene rings is 2. The molecule has 0 unspecified atom stereocenters. The molecule has 0 spiro atoms. The maximum Gasteiger partial charge on any atom is 0.242 e. The monoisotopic (exact) mass is 417 g/mol. The molecule has 7 nitrogen and oxygen atoms in total. The van der Waals surface area contributed by atoms with E-state index in [1.54, 1.807) is 18.2 Å². The third-order valence-electron chi connectivity index (χ3n) is 4.80. The Bertz CT molecular complexity index is 926. The van der Waals surface area contributed by atoms with E-state index in [4.69, 9.17) is 4.74 Å². The van der Waals surface area contributed by atoms with Gasteiger partial charge < -0.3 is 15.0 Å². The van der Waals surface area contributed by atoms with Gasteiger partial charge in [0.2, 0.25) is 15.9 Å². The largest absolute Gasteiger partial charge is 0.378 e. The summed E-state index contributed by atoms with van der Waals surface area (Å²) in [6, 6.07) is 14.7. The molecule has 1 fully saturated rings. The van der Waals surface area contributed by atoms with Gasteiger partial charge in [0.25, 0.3) is 0 Å². The molecule has 29 heavy (non-hydrogen) atoms. The summed E-state index contributed by atoms with van der Waals surface area (Å²) in [4.78, 5) is 15.3. The molecule has 3 rings (SSSR count). The van der Waals surface area contributed by atoms with Gasteiger partial charge in [0.1, 0.15) is 6.04 Å². The van der Waals surface area contributed by atoms with Crippen molar-refractivity contribution in [3.63, 3.8) is 0 Å². The number of ether oxygens (including phenoxy) is 1. The second-order valence-corrected chi connectivity index (χ2v) is 8.98. The van der Waals surface area contributed by atoms with Crippen LogP contribution in [0.15, 0.2) is 59.5 Å². The number of rotatable bonds is 7. The first-order valence-corrected chi connectivity index (χ1v) is 11.2. The fourth-order valence-electron chi connectivity index (χ4n) is 3.20. The molecule has 1 aliphatic rings. The van der Waals surface area contributed by atoms with E-state index in [1.165, 1.54) is 12.1 Å². The van der Waals surface area contributed by atoms with Crippen molar-refractivity contribution in [2.45, 2.75) is 24.8 Å². The summed E-state index contributed by atoms with van der Waals surface area (Å²) in [6.45, 7) is 6.36. The van der Waals surface area contributed by atoms with E-state index >= 15 is 0 Å². The van der Waals surface area contributed by atoms with Gasteiger partial charge in [-0.25, -0.2) is 8.42 Å². The van der Waals surface area contributed by atoms with Crippen LogP contribution in [-0.2, 0) is 19.6 Å². The first-order valence-electron chi connectivity index (χ1n) is 9.68. The fraction of sp³-hybridized carbons (Fsp3) is 0.381. The average Bonchev–Trinajstić information content (AvgIpc) is 2.73. The van der Waals surface area contributed by atoms with Crippen LogP contribution in [0.5, 0.6) is 0 Å². The van der Waals surface area contributed by atoms with E-state index in [1.807, 2.05) is 38.1 Å². The number of carbonyl (C=O) groups is 1. The van der Waals surface area contributed by atoms with Gasteiger partial charge in [-0.3, -0.25) is 4.79 Å². The highest BCUT2D eigenvalue weighted by Crippen LogP contribution is 2.27. The zero-order chi connectivity index (χ0) is 20.9. The molecule has 2 aromatic rings. The standard InChI is InChI=1S/C21H27N3O4S/c1-16(2)20(23-29(26,27)17-8-4-3-5-9-17)21(25)22-18-10-6-7-11-19(18)24-12-14-28-15-13-24/h3-11,16,20,23H,12-15H2,1-2H3,(H,22,25)/t20-/m1/s1. The number of hydrogen-bond acceptors (Lipinski definition) is 5. The van der Waals surface area contributed by atoms with Crippen LogP contribution in [0.25, 0.3) is 0 Å². The zero-order valence-electron chi connectivity index (χ0n) is 16.7. The van der Waals surface area contributed by atoms with E-state index in [0.29, 0.717) is 18.9 Å². The molecule has 8 heteroatoms. The van der Waals surface area contributed by atoms with Crippen molar-refractivity contribution in [3.8, 4) is 0 Å². The molecule has 1 saturated heterocycles. The zero-order valence-corrected chi connectivity index (χ0v) is 17.5. The average molecular weight is 418 g/mol. The molecule has 0 aliphatic carbocycles. The highest BCUT2D eigenvalue weighted by molar-refractivity contribution is 7.89. The molecule has 0 radical (unpaired) electrons. The predicted molar refractivity (Wildman–Crippen MR) is 113 cm³/mol. The highest BCUT2D eigenvalue weighted by Gasteiger charge is 2.29. The molecule has 0 bridgehead atoms. The van der Waals surface area contributed by atoms with Crippen LogP contribution < -0.4 is 14.9 Å². The molecule has 1 atom stereocenters. The molecule has 0 saturated carbocycles. The van der Waals surface area contributed by atoms with Crippen molar-refractivity contribution in [2.24, 2.45) is 5.92 Å². The summed E-state index contributed by atoms with van der Waals surface area (Å²) in [5.74, 6) is -0.621. The van der Waals surface area contributed by atoms with Gasteiger partial charge >= 0.3 is 0 Å². The molecule has 1 aliphatic heterocycles. The van der Waals surface area contributed by atoms with Crippen molar-refractivity contribution in [1.29, 1.82) is 0 Å². The molecule has 1 amide bonds. The van der Waals surface area contributed by atoms with Crippen LogP contribution in [0.1, 0.15) is 13.8 Å². The normalized spacial score (nSPS) is 15.9. The van der Waals surface area contributed by atoms with Gasteiger partial charge in [0.15, 0.2) is 0 Å². The third-order valence-corrected chi connectivity index (χ3v) is 6.26. The predicted octanol–water partition coefficient (Wildman–Crippen LogP) is 2.46. The Balaban J connectivity index is 1.79. The lowest BCUT2D eigenvalue weighted by Gasteiger charge is -2.31. The molecule has 156 valence electrons. The minimum atomic E-state index is -3.81. The van der Waals surface area contributed by atoms with Crippen LogP contribution in [-0.4, -0.2) is 46.7 Å². The van der Waals surface area contributed by atoms with Crippen LogP contribution in [0.4, 0.5) is 11.4 Å². The van der Waals surface area contributed by atoms with Gasteiger partial charge in [0.05, 0.1) is 29.5 Å². The maximum absolute atomic E-state index is 13.0. The van der Waals surface area contributed by atoms with E-state index < -0.39 is 16.1 Å². The second-order valence-electron chi connectivity index (χ2n) is 7.26. The number of para-hydroxylation sites is 2. The van der Waals surface area contributed by atoms with Gasteiger partial charge in [-0.2, -0.15) is 4.72 Å². The molecule has 2 N–H and O–H groups in total. The maximum atomic E-state index is 13.0. The van der Waals surface area contributed by atoms with Gasteiger partial charge in [-0.1, -0.05) is 44.2 Å². The topological polar surface area (TPSA) is 87.7 Å². The summed E-state index contributed by atoms with van der Waals surface area (Å²) in [6.07, 6.45) is 0.